The van der Waals surface area contributed by atoms with Crippen molar-refractivity contribution >= 4 is 27.5 Å². The number of hydrogen-bond donors (Lipinski definition) is 2. The van der Waals surface area contributed by atoms with Crippen molar-refractivity contribution in [2.75, 3.05) is 5.32 Å². The van der Waals surface area contributed by atoms with E-state index in [2.05, 4.69) is 21.2 Å². The molecule has 0 spiro atoms. The van der Waals surface area contributed by atoms with Gasteiger partial charge < -0.3 is 11.1 Å². The van der Waals surface area contributed by atoms with E-state index >= 15 is 0 Å². The standard InChI is InChI=1S/C11H15BrN2O/c1-7-6-8(4-5-9(7)12)14-10(15)11(2,3)13/h4-6H,13H2,1-3H3,(H,14,15). The molecule has 0 bridgehead atoms. The van der Waals surface area contributed by atoms with E-state index in [-0.39, 0.29) is 5.91 Å². The summed E-state index contributed by atoms with van der Waals surface area (Å²) in [6, 6.07) is 5.63. The highest BCUT2D eigenvalue weighted by Crippen LogP contribution is 2.20. The maximum absolute atomic E-state index is 11.6. The third kappa shape index (κ3) is 3.32. The van der Waals surface area contributed by atoms with Crippen LogP contribution in [0.25, 0.3) is 0 Å². The number of nitrogens with two attached hydrogens (primary N) is 1. The number of aryl methyl sites for hydroxylation is 1. The Balaban J connectivity index is 2.83. The van der Waals surface area contributed by atoms with Crippen molar-refractivity contribution in [1.29, 1.82) is 0 Å². The SMILES string of the molecule is Cc1cc(NC(=O)C(C)(C)N)ccc1Br. The molecule has 0 aliphatic carbocycles. The molecule has 0 aliphatic heterocycles. The monoisotopic (exact) mass is 270 g/mol. The molecule has 0 saturated carbocycles. The molecule has 1 aromatic carbocycles. The molecule has 0 radical (unpaired) electrons. The number of carbonyl (C=O) groups excluding carboxylic acids is 1. The molecule has 3 N–H and O–H groups in total. The van der Waals surface area contributed by atoms with Gasteiger partial charge in [-0.3, -0.25) is 4.79 Å². The Kier molecular flexibility index (Phi) is 3.52. The van der Waals surface area contributed by atoms with Gasteiger partial charge in [-0.05, 0) is 44.5 Å². The van der Waals surface area contributed by atoms with E-state index in [0.717, 1.165) is 15.7 Å². The molecule has 0 aromatic heterocycles. The minimum atomic E-state index is -0.860. The molecule has 0 aliphatic rings. The lowest BCUT2D eigenvalue weighted by molar-refractivity contribution is -0.120. The summed E-state index contributed by atoms with van der Waals surface area (Å²) >= 11 is 3.40. The van der Waals surface area contributed by atoms with Crippen molar-refractivity contribution in [2.24, 2.45) is 5.73 Å². The summed E-state index contributed by atoms with van der Waals surface area (Å²) in [4.78, 5) is 11.6. The van der Waals surface area contributed by atoms with Crippen LogP contribution in [-0.2, 0) is 4.79 Å². The highest BCUT2D eigenvalue weighted by Gasteiger charge is 2.21. The number of halogens is 1. The van der Waals surface area contributed by atoms with Crippen LogP contribution in [0.4, 0.5) is 5.69 Å². The third-order valence-electron chi connectivity index (χ3n) is 2.00. The Bertz CT molecular complexity index is 383. The minimum absolute atomic E-state index is 0.191. The number of anilines is 1. The number of benzene rings is 1. The average Bonchev–Trinajstić information content (AvgIpc) is 2.10. The first-order chi connectivity index (χ1) is 6.80. The lowest BCUT2D eigenvalue weighted by atomic mass is 10.1. The maximum atomic E-state index is 11.6. The zero-order valence-electron chi connectivity index (χ0n) is 9.10. The Hall–Kier alpha value is -0.870. The van der Waals surface area contributed by atoms with Crippen LogP contribution in [-0.4, -0.2) is 11.4 Å². The van der Waals surface area contributed by atoms with Crippen LogP contribution in [0.1, 0.15) is 19.4 Å². The molecular formula is C11H15BrN2O. The molecule has 1 rings (SSSR count). The number of carbonyl (C=O) groups is 1. The molecular weight excluding hydrogens is 256 g/mol. The molecule has 0 heterocycles. The van der Waals surface area contributed by atoms with E-state index in [9.17, 15) is 4.79 Å². The molecule has 1 aromatic rings. The van der Waals surface area contributed by atoms with E-state index < -0.39 is 5.54 Å². The van der Waals surface area contributed by atoms with Gasteiger partial charge in [0.25, 0.3) is 0 Å². The lowest BCUT2D eigenvalue weighted by Gasteiger charge is -2.18. The number of rotatable bonds is 2. The van der Waals surface area contributed by atoms with Gasteiger partial charge in [-0.1, -0.05) is 15.9 Å². The van der Waals surface area contributed by atoms with Crippen LogP contribution < -0.4 is 11.1 Å². The van der Waals surface area contributed by atoms with Crippen LogP contribution in [0.3, 0.4) is 0 Å². The summed E-state index contributed by atoms with van der Waals surface area (Å²) in [6.45, 7) is 5.31. The Labute approximate surface area is 98.2 Å². The van der Waals surface area contributed by atoms with Crippen molar-refractivity contribution in [3.63, 3.8) is 0 Å². The number of amides is 1. The van der Waals surface area contributed by atoms with Crippen molar-refractivity contribution in [1.82, 2.24) is 0 Å². The predicted octanol–water partition coefficient (Wildman–Crippen LogP) is 2.43. The highest BCUT2D eigenvalue weighted by atomic mass is 79.9. The summed E-state index contributed by atoms with van der Waals surface area (Å²) in [5.74, 6) is -0.191. The summed E-state index contributed by atoms with van der Waals surface area (Å²) in [6.07, 6.45) is 0. The smallest absolute Gasteiger partial charge is 0.243 e. The molecule has 0 saturated heterocycles. The van der Waals surface area contributed by atoms with Gasteiger partial charge in [0.1, 0.15) is 0 Å². The van der Waals surface area contributed by atoms with Crippen molar-refractivity contribution in [3.05, 3.63) is 28.2 Å². The zero-order chi connectivity index (χ0) is 11.6. The van der Waals surface area contributed by atoms with Crippen molar-refractivity contribution in [3.8, 4) is 0 Å². The van der Waals surface area contributed by atoms with E-state index in [1.54, 1.807) is 13.8 Å². The van der Waals surface area contributed by atoms with Gasteiger partial charge in [-0.15, -0.1) is 0 Å². The van der Waals surface area contributed by atoms with E-state index in [4.69, 9.17) is 5.73 Å². The normalized spacial score (nSPS) is 11.3. The second kappa shape index (κ2) is 4.33. The van der Waals surface area contributed by atoms with E-state index in [1.165, 1.54) is 0 Å². The van der Waals surface area contributed by atoms with Gasteiger partial charge in [-0.2, -0.15) is 0 Å². The lowest BCUT2D eigenvalue weighted by Crippen LogP contribution is -2.45. The first-order valence-electron chi connectivity index (χ1n) is 4.67. The molecule has 0 atom stereocenters. The Morgan fingerprint density at radius 2 is 2.07 bits per heavy atom. The van der Waals surface area contributed by atoms with E-state index in [0.29, 0.717) is 0 Å². The first-order valence-corrected chi connectivity index (χ1v) is 5.46. The summed E-state index contributed by atoms with van der Waals surface area (Å²) < 4.78 is 1.02. The Morgan fingerprint density at radius 3 is 2.53 bits per heavy atom. The fraction of sp³-hybridized carbons (Fsp3) is 0.364. The fourth-order valence-corrected chi connectivity index (χ4v) is 1.26. The van der Waals surface area contributed by atoms with Crippen molar-refractivity contribution in [2.45, 2.75) is 26.3 Å². The van der Waals surface area contributed by atoms with Gasteiger partial charge in [0, 0.05) is 10.2 Å². The Morgan fingerprint density at radius 1 is 1.47 bits per heavy atom. The topological polar surface area (TPSA) is 55.1 Å². The third-order valence-corrected chi connectivity index (χ3v) is 2.89. The zero-order valence-corrected chi connectivity index (χ0v) is 10.7. The van der Waals surface area contributed by atoms with Gasteiger partial charge in [0.2, 0.25) is 5.91 Å². The minimum Gasteiger partial charge on any atom is -0.325 e. The largest absolute Gasteiger partial charge is 0.325 e. The first kappa shape index (κ1) is 12.2. The second-order valence-corrected chi connectivity index (χ2v) is 4.99. The highest BCUT2D eigenvalue weighted by molar-refractivity contribution is 9.10. The molecule has 82 valence electrons. The van der Waals surface area contributed by atoms with Gasteiger partial charge in [0.15, 0.2) is 0 Å². The van der Waals surface area contributed by atoms with Crippen LogP contribution in [0.2, 0.25) is 0 Å². The van der Waals surface area contributed by atoms with Crippen LogP contribution in [0.5, 0.6) is 0 Å². The maximum Gasteiger partial charge on any atom is 0.243 e. The van der Waals surface area contributed by atoms with E-state index in [1.807, 2.05) is 25.1 Å². The van der Waals surface area contributed by atoms with Gasteiger partial charge >= 0.3 is 0 Å². The van der Waals surface area contributed by atoms with Crippen LogP contribution >= 0.6 is 15.9 Å². The molecule has 3 nitrogen and oxygen atoms in total. The number of hydrogen-bond acceptors (Lipinski definition) is 2. The molecule has 0 unspecified atom stereocenters. The molecule has 4 heteroatoms. The molecule has 1 amide bonds. The summed E-state index contributed by atoms with van der Waals surface area (Å²) in [5, 5.41) is 2.77. The molecule has 15 heavy (non-hydrogen) atoms. The fourth-order valence-electron chi connectivity index (χ4n) is 1.01. The summed E-state index contributed by atoms with van der Waals surface area (Å²) in [7, 11) is 0. The van der Waals surface area contributed by atoms with Crippen LogP contribution in [0, 0.1) is 6.92 Å². The van der Waals surface area contributed by atoms with Crippen LogP contribution in [0.15, 0.2) is 22.7 Å². The summed E-state index contributed by atoms with van der Waals surface area (Å²) in [5.41, 5.74) is 6.65. The van der Waals surface area contributed by atoms with Gasteiger partial charge in [0.05, 0.1) is 5.54 Å². The predicted molar refractivity (Wildman–Crippen MR) is 65.8 cm³/mol. The van der Waals surface area contributed by atoms with Gasteiger partial charge in [-0.25, -0.2) is 0 Å². The molecule has 0 fully saturated rings. The quantitative estimate of drug-likeness (QED) is 0.868. The van der Waals surface area contributed by atoms with Crippen molar-refractivity contribution < 1.29 is 4.79 Å². The second-order valence-electron chi connectivity index (χ2n) is 4.14. The number of nitrogens with one attached hydrogen (secondary N) is 1. The average molecular weight is 271 g/mol.